The molecule has 0 atom stereocenters. The lowest BCUT2D eigenvalue weighted by molar-refractivity contribution is -0.121. The van der Waals surface area contributed by atoms with Crippen LogP contribution in [0, 0.1) is 0 Å². The van der Waals surface area contributed by atoms with Gasteiger partial charge < -0.3 is 10.4 Å². The van der Waals surface area contributed by atoms with Crippen molar-refractivity contribution in [2.75, 3.05) is 13.1 Å². The number of benzene rings is 2. The molecule has 4 heteroatoms. The Morgan fingerprint density at radius 2 is 1.64 bits per heavy atom. The Labute approximate surface area is 150 Å². The average molecular weight is 340 g/mol. The summed E-state index contributed by atoms with van der Waals surface area (Å²) in [4.78, 5) is 14.4. The molecule has 2 aromatic carbocycles. The maximum Gasteiger partial charge on any atom is 0.220 e. The summed E-state index contributed by atoms with van der Waals surface area (Å²) in [5.74, 6) is 0.245. The van der Waals surface area contributed by atoms with E-state index in [0.717, 1.165) is 30.8 Å². The summed E-state index contributed by atoms with van der Waals surface area (Å²) in [6.45, 7) is 7.92. The minimum Gasteiger partial charge on any atom is -0.508 e. The van der Waals surface area contributed by atoms with E-state index < -0.39 is 0 Å². The predicted octanol–water partition coefficient (Wildman–Crippen LogP) is 3.48. The van der Waals surface area contributed by atoms with E-state index >= 15 is 0 Å². The number of nitrogens with zero attached hydrogens (tertiary/aromatic N) is 1. The van der Waals surface area contributed by atoms with E-state index in [1.807, 2.05) is 12.1 Å². The maximum absolute atomic E-state index is 12.0. The van der Waals surface area contributed by atoms with Crippen LogP contribution in [0.15, 0.2) is 48.5 Å². The lowest BCUT2D eigenvalue weighted by Crippen LogP contribution is -2.23. The predicted molar refractivity (Wildman–Crippen MR) is 101 cm³/mol. The molecule has 0 heterocycles. The number of para-hydroxylation sites is 1. The molecule has 2 rings (SSSR count). The average Bonchev–Trinajstić information content (AvgIpc) is 2.64. The number of amides is 1. The Kier molecular flexibility index (Phi) is 7.48. The molecule has 25 heavy (non-hydrogen) atoms. The number of nitrogens with one attached hydrogen (secondary N) is 1. The highest BCUT2D eigenvalue weighted by molar-refractivity contribution is 5.76. The quantitative estimate of drug-likeness (QED) is 0.735. The Hall–Kier alpha value is -2.33. The second-order valence-electron chi connectivity index (χ2n) is 6.18. The molecule has 0 bridgehead atoms. The van der Waals surface area contributed by atoms with E-state index in [4.69, 9.17) is 0 Å². The van der Waals surface area contributed by atoms with Gasteiger partial charge in [0.1, 0.15) is 5.75 Å². The SMILES string of the molecule is CCN(CC)Cc1ccc(CNC(=O)CCc2ccccc2O)cc1. The van der Waals surface area contributed by atoms with Crippen molar-refractivity contribution in [1.82, 2.24) is 10.2 Å². The Balaban J connectivity index is 1.77. The van der Waals surface area contributed by atoms with Crippen LogP contribution in [-0.2, 0) is 24.3 Å². The summed E-state index contributed by atoms with van der Waals surface area (Å²) >= 11 is 0. The molecule has 0 fully saturated rings. The fourth-order valence-corrected chi connectivity index (χ4v) is 2.73. The van der Waals surface area contributed by atoms with Gasteiger partial charge in [0.2, 0.25) is 5.91 Å². The van der Waals surface area contributed by atoms with Gasteiger partial charge in [-0.2, -0.15) is 0 Å². The molecule has 0 radical (unpaired) electrons. The smallest absolute Gasteiger partial charge is 0.220 e. The lowest BCUT2D eigenvalue weighted by atomic mass is 10.1. The lowest BCUT2D eigenvalue weighted by Gasteiger charge is -2.18. The Morgan fingerprint density at radius 3 is 2.28 bits per heavy atom. The summed E-state index contributed by atoms with van der Waals surface area (Å²) in [6.07, 6.45) is 0.916. The first-order valence-corrected chi connectivity index (χ1v) is 8.96. The van der Waals surface area contributed by atoms with Crippen LogP contribution in [0.25, 0.3) is 0 Å². The highest BCUT2D eigenvalue weighted by Gasteiger charge is 2.06. The van der Waals surface area contributed by atoms with E-state index in [2.05, 4.69) is 48.3 Å². The molecular formula is C21H28N2O2. The second kappa shape index (κ2) is 9.84. The number of carbonyl (C=O) groups excluding carboxylic acids is 1. The van der Waals surface area contributed by atoms with Gasteiger partial charge in [-0.1, -0.05) is 56.3 Å². The zero-order valence-electron chi connectivity index (χ0n) is 15.2. The Morgan fingerprint density at radius 1 is 1.00 bits per heavy atom. The van der Waals surface area contributed by atoms with Crippen LogP contribution in [0.2, 0.25) is 0 Å². The molecule has 0 aliphatic carbocycles. The summed E-state index contributed by atoms with van der Waals surface area (Å²) in [6, 6.07) is 15.5. The Bertz CT molecular complexity index is 664. The van der Waals surface area contributed by atoms with Gasteiger partial charge in [0.25, 0.3) is 0 Å². The molecule has 134 valence electrons. The van der Waals surface area contributed by atoms with Crippen LogP contribution in [0.3, 0.4) is 0 Å². The molecule has 0 aliphatic heterocycles. The third kappa shape index (κ3) is 6.24. The van der Waals surface area contributed by atoms with Gasteiger partial charge in [0, 0.05) is 19.5 Å². The number of phenolic OH excluding ortho intramolecular Hbond substituents is 1. The zero-order chi connectivity index (χ0) is 18.1. The molecular weight excluding hydrogens is 312 g/mol. The molecule has 4 nitrogen and oxygen atoms in total. The number of hydrogen-bond acceptors (Lipinski definition) is 3. The molecule has 0 spiro atoms. The van der Waals surface area contributed by atoms with E-state index in [0.29, 0.717) is 19.4 Å². The van der Waals surface area contributed by atoms with Crippen LogP contribution in [0.5, 0.6) is 5.75 Å². The van der Waals surface area contributed by atoms with Crippen molar-refractivity contribution in [2.24, 2.45) is 0 Å². The van der Waals surface area contributed by atoms with Gasteiger partial charge in [0.15, 0.2) is 0 Å². The van der Waals surface area contributed by atoms with Crippen molar-refractivity contribution >= 4 is 5.91 Å². The standard InChI is InChI=1S/C21H28N2O2/c1-3-23(4-2)16-18-11-9-17(10-12-18)15-22-21(25)14-13-19-7-5-6-8-20(19)24/h5-12,24H,3-4,13-16H2,1-2H3,(H,22,25). The minimum atomic E-state index is -0.00419. The highest BCUT2D eigenvalue weighted by Crippen LogP contribution is 2.17. The van der Waals surface area contributed by atoms with Crippen LogP contribution in [0.1, 0.15) is 37.0 Å². The minimum absolute atomic E-state index is 0.00419. The molecule has 1 amide bonds. The van der Waals surface area contributed by atoms with Crippen molar-refractivity contribution < 1.29 is 9.90 Å². The van der Waals surface area contributed by atoms with Gasteiger partial charge in [0.05, 0.1) is 0 Å². The van der Waals surface area contributed by atoms with E-state index in [9.17, 15) is 9.90 Å². The first-order chi connectivity index (χ1) is 12.1. The number of carbonyl (C=O) groups is 1. The van der Waals surface area contributed by atoms with Crippen molar-refractivity contribution in [3.63, 3.8) is 0 Å². The van der Waals surface area contributed by atoms with Crippen molar-refractivity contribution in [3.8, 4) is 5.75 Å². The van der Waals surface area contributed by atoms with Crippen molar-refractivity contribution in [2.45, 2.75) is 39.8 Å². The highest BCUT2D eigenvalue weighted by atomic mass is 16.3. The van der Waals surface area contributed by atoms with E-state index in [-0.39, 0.29) is 11.7 Å². The monoisotopic (exact) mass is 340 g/mol. The number of rotatable bonds is 9. The third-order valence-electron chi connectivity index (χ3n) is 4.43. The summed E-state index contributed by atoms with van der Waals surface area (Å²) < 4.78 is 0. The molecule has 0 aliphatic rings. The molecule has 2 aromatic rings. The zero-order valence-corrected chi connectivity index (χ0v) is 15.2. The van der Waals surface area contributed by atoms with Crippen LogP contribution >= 0.6 is 0 Å². The fourth-order valence-electron chi connectivity index (χ4n) is 2.73. The van der Waals surface area contributed by atoms with Gasteiger partial charge in [-0.3, -0.25) is 9.69 Å². The number of aryl methyl sites for hydroxylation is 1. The third-order valence-corrected chi connectivity index (χ3v) is 4.43. The number of phenols is 1. The van der Waals surface area contributed by atoms with Crippen molar-refractivity contribution in [1.29, 1.82) is 0 Å². The molecule has 0 aromatic heterocycles. The molecule has 0 saturated carbocycles. The van der Waals surface area contributed by atoms with E-state index in [1.165, 1.54) is 5.56 Å². The first-order valence-electron chi connectivity index (χ1n) is 8.96. The summed E-state index contributed by atoms with van der Waals surface area (Å²) in [5.41, 5.74) is 3.19. The first kappa shape index (κ1) is 19.0. The molecule has 0 saturated heterocycles. The maximum atomic E-state index is 12.0. The summed E-state index contributed by atoms with van der Waals surface area (Å²) in [7, 11) is 0. The van der Waals surface area contributed by atoms with Crippen LogP contribution < -0.4 is 5.32 Å². The summed E-state index contributed by atoms with van der Waals surface area (Å²) in [5, 5.41) is 12.7. The largest absolute Gasteiger partial charge is 0.508 e. The molecule has 0 unspecified atom stereocenters. The molecule has 2 N–H and O–H groups in total. The fraction of sp³-hybridized carbons (Fsp3) is 0.381. The van der Waals surface area contributed by atoms with Gasteiger partial charge >= 0.3 is 0 Å². The number of aromatic hydroxyl groups is 1. The second-order valence-corrected chi connectivity index (χ2v) is 6.18. The van der Waals surface area contributed by atoms with Gasteiger partial charge in [-0.15, -0.1) is 0 Å². The number of hydrogen-bond donors (Lipinski definition) is 2. The van der Waals surface area contributed by atoms with E-state index in [1.54, 1.807) is 12.1 Å². The van der Waals surface area contributed by atoms with Crippen molar-refractivity contribution in [3.05, 3.63) is 65.2 Å². The van der Waals surface area contributed by atoms with Crippen LogP contribution in [0.4, 0.5) is 0 Å². The topological polar surface area (TPSA) is 52.6 Å². The van der Waals surface area contributed by atoms with Crippen LogP contribution in [-0.4, -0.2) is 29.0 Å². The normalized spacial score (nSPS) is 10.8. The van der Waals surface area contributed by atoms with Gasteiger partial charge in [-0.05, 0) is 42.3 Å². The van der Waals surface area contributed by atoms with Gasteiger partial charge in [-0.25, -0.2) is 0 Å².